The fourth-order valence-corrected chi connectivity index (χ4v) is 5.15. The first-order chi connectivity index (χ1) is 21.0. The first-order valence-corrected chi connectivity index (χ1v) is 15.4. The molecule has 1 saturated carbocycles. The third kappa shape index (κ3) is 7.67. The van der Waals surface area contributed by atoms with Crippen LogP contribution >= 0.6 is 11.6 Å². The Balaban J connectivity index is 1.26. The van der Waals surface area contributed by atoms with Crippen LogP contribution in [0.15, 0.2) is 90.0 Å². The summed E-state index contributed by atoms with van der Waals surface area (Å²) in [4.78, 5) is 42.7. The Kier molecular flexibility index (Phi) is 9.09. The van der Waals surface area contributed by atoms with Crippen molar-refractivity contribution in [3.05, 3.63) is 112 Å². The smallest absolute Gasteiger partial charge is 0.264 e. The highest BCUT2D eigenvalue weighted by Crippen LogP contribution is 2.48. The van der Waals surface area contributed by atoms with Gasteiger partial charge in [0, 0.05) is 30.4 Å². The van der Waals surface area contributed by atoms with E-state index in [0.717, 1.165) is 17.9 Å². The molecule has 5 rings (SSSR count). The zero-order valence-electron chi connectivity index (χ0n) is 23.1. The molecule has 0 spiro atoms. The summed E-state index contributed by atoms with van der Waals surface area (Å²) < 4.78 is 49.9. The van der Waals surface area contributed by atoms with Crippen LogP contribution in [0.25, 0.3) is 5.69 Å². The second-order valence-electron chi connectivity index (χ2n) is 10.1. The van der Waals surface area contributed by atoms with Gasteiger partial charge >= 0.3 is 0 Å². The Morgan fingerprint density at radius 2 is 1.73 bits per heavy atom. The van der Waals surface area contributed by atoms with Gasteiger partial charge in [0.05, 0.1) is 41.1 Å². The third-order valence-electron chi connectivity index (χ3n) is 6.86. The minimum atomic E-state index is -3.85. The fraction of sp³-hybridized carbons (Fsp3) is 0.200. The third-order valence-corrected chi connectivity index (χ3v) is 7.64. The number of hydrogen-bond donors (Lipinski definition) is 2. The number of hydrogen-bond acceptors (Lipinski definition) is 8. The summed E-state index contributed by atoms with van der Waals surface area (Å²) in [6.07, 6.45) is 3.63. The molecule has 2 aromatic heterocycles. The van der Waals surface area contributed by atoms with Gasteiger partial charge in [-0.05, 0) is 35.9 Å². The molecule has 0 radical (unpaired) electrons. The largest absolute Gasteiger partial charge is 0.489 e. The number of nitrogens with zero attached hydrogens (tertiary/aromatic N) is 2. The van der Waals surface area contributed by atoms with Crippen molar-refractivity contribution in [3.8, 4) is 11.4 Å². The molecule has 0 bridgehead atoms. The van der Waals surface area contributed by atoms with E-state index in [-0.39, 0.29) is 23.8 Å². The minimum Gasteiger partial charge on any atom is -0.489 e. The number of nitrogens with one attached hydrogen (secondary N) is 2. The number of carbonyl (C=O) groups excluding carboxylic acids is 2. The average molecular weight is 641 g/mol. The molecule has 2 aromatic carbocycles. The van der Waals surface area contributed by atoms with Crippen molar-refractivity contribution >= 4 is 45.0 Å². The number of carbonyl (C=O) groups is 2. The summed E-state index contributed by atoms with van der Waals surface area (Å²) in [7, 11) is -3.85. The molecule has 1 aliphatic carbocycles. The van der Waals surface area contributed by atoms with Crippen LogP contribution in [0, 0.1) is 23.6 Å². The molecule has 1 fully saturated rings. The highest BCUT2D eigenvalue weighted by Gasteiger charge is 2.59. The number of anilines is 2. The summed E-state index contributed by atoms with van der Waals surface area (Å²) >= 11 is 5.82. The number of pyridine rings is 2. The Labute approximate surface area is 256 Å². The maximum Gasteiger partial charge on any atom is 0.264 e. The normalized spacial score (nSPS) is 17.5. The SMILES string of the molecule is CS(=O)(=O)OCC1C(C(=O)Nc2ccc(Cl)cn2)C1C(=O)Nc1ccc(-n2ccc(OCc3ccccc3)cc2=O)cc1F. The van der Waals surface area contributed by atoms with Crippen molar-refractivity contribution in [2.45, 2.75) is 6.61 Å². The van der Waals surface area contributed by atoms with Gasteiger partial charge in [-0.3, -0.25) is 23.1 Å². The molecule has 0 aliphatic heterocycles. The van der Waals surface area contributed by atoms with Crippen molar-refractivity contribution in [1.29, 1.82) is 0 Å². The van der Waals surface area contributed by atoms with Crippen molar-refractivity contribution in [3.63, 3.8) is 0 Å². The molecule has 2 heterocycles. The highest BCUT2D eigenvalue weighted by molar-refractivity contribution is 7.85. The summed E-state index contributed by atoms with van der Waals surface area (Å²) in [5, 5.41) is 5.37. The molecular weight excluding hydrogens is 615 g/mol. The summed E-state index contributed by atoms with van der Waals surface area (Å²) in [5.74, 6) is -4.35. The zero-order chi connectivity index (χ0) is 31.4. The molecule has 2 amide bonds. The van der Waals surface area contributed by atoms with E-state index in [1.165, 1.54) is 47.3 Å². The average Bonchev–Trinajstić information content (AvgIpc) is 3.72. The van der Waals surface area contributed by atoms with E-state index in [4.69, 9.17) is 20.5 Å². The maximum absolute atomic E-state index is 15.1. The van der Waals surface area contributed by atoms with Gasteiger partial charge in [0.15, 0.2) is 0 Å². The van der Waals surface area contributed by atoms with Gasteiger partial charge in [-0.2, -0.15) is 8.42 Å². The molecule has 228 valence electrons. The van der Waals surface area contributed by atoms with E-state index in [2.05, 4.69) is 15.6 Å². The molecule has 1 aliphatic rings. The maximum atomic E-state index is 15.1. The number of rotatable bonds is 11. The van der Waals surface area contributed by atoms with Gasteiger partial charge in [-0.15, -0.1) is 0 Å². The van der Waals surface area contributed by atoms with Crippen LogP contribution in [0.4, 0.5) is 15.9 Å². The molecule has 14 heteroatoms. The lowest BCUT2D eigenvalue weighted by Crippen LogP contribution is -2.21. The summed E-state index contributed by atoms with van der Waals surface area (Å²) in [6, 6.07) is 19.1. The summed E-state index contributed by atoms with van der Waals surface area (Å²) in [6.45, 7) is -0.144. The number of ether oxygens (including phenoxy) is 1. The van der Waals surface area contributed by atoms with Crippen LogP contribution in [0.3, 0.4) is 0 Å². The fourth-order valence-electron chi connectivity index (χ4n) is 4.63. The number of halogens is 2. The van der Waals surface area contributed by atoms with Crippen LogP contribution in [0.5, 0.6) is 5.75 Å². The van der Waals surface area contributed by atoms with E-state index in [0.29, 0.717) is 10.8 Å². The van der Waals surface area contributed by atoms with E-state index < -0.39 is 57.7 Å². The quantitative estimate of drug-likeness (QED) is 0.234. The predicted octanol–water partition coefficient (Wildman–Crippen LogP) is 4.02. The lowest BCUT2D eigenvalue weighted by atomic mass is 10.2. The minimum absolute atomic E-state index is 0.181. The Morgan fingerprint density at radius 3 is 2.36 bits per heavy atom. The van der Waals surface area contributed by atoms with Crippen LogP contribution < -0.4 is 20.9 Å². The molecule has 3 unspecified atom stereocenters. The molecular formula is C30H26ClFN4O7S. The summed E-state index contributed by atoms with van der Waals surface area (Å²) in [5.41, 5.74) is 0.492. The van der Waals surface area contributed by atoms with Gasteiger partial charge in [0.2, 0.25) is 11.8 Å². The Morgan fingerprint density at radius 1 is 1.00 bits per heavy atom. The van der Waals surface area contributed by atoms with Gasteiger partial charge in [0.25, 0.3) is 15.7 Å². The van der Waals surface area contributed by atoms with Crippen LogP contribution in [0.1, 0.15) is 5.56 Å². The highest BCUT2D eigenvalue weighted by atomic mass is 35.5. The van der Waals surface area contributed by atoms with Gasteiger partial charge in [-0.1, -0.05) is 41.9 Å². The molecule has 44 heavy (non-hydrogen) atoms. The molecule has 0 saturated heterocycles. The van der Waals surface area contributed by atoms with E-state index >= 15 is 4.39 Å². The number of aromatic nitrogens is 2. The van der Waals surface area contributed by atoms with E-state index in [1.807, 2.05) is 30.3 Å². The predicted molar refractivity (Wildman–Crippen MR) is 161 cm³/mol. The van der Waals surface area contributed by atoms with Crippen LogP contribution in [0.2, 0.25) is 5.02 Å². The Hall–Kier alpha value is -4.59. The van der Waals surface area contributed by atoms with Gasteiger partial charge in [0.1, 0.15) is 24.0 Å². The number of amides is 2. The zero-order valence-corrected chi connectivity index (χ0v) is 24.7. The monoisotopic (exact) mass is 640 g/mol. The molecule has 3 atom stereocenters. The molecule has 4 aromatic rings. The second kappa shape index (κ2) is 13.0. The van der Waals surface area contributed by atoms with Crippen molar-refractivity contribution in [1.82, 2.24) is 9.55 Å². The van der Waals surface area contributed by atoms with E-state index in [9.17, 15) is 22.8 Å². The lowest BCUT2D eigenvalue weighted by Gasteiger charge is -2.11. The first-order valence-electron chi connectivity index (χ1n) is 13.3. The van der Waals surface area contributed by atoms with Crippen molar-refractivity contribution in [2.24, 2.45) is 17.8 Å². The molecule has 2 N–H and O–H groups in total. The topological polar surface area (TPSA) is 146 Å². The lowest BCUT2D eigenvalue weighted by molar-refractivity contribution is -0.122. The standard InChI is InChI=1S/C30H26ClFN4O7S/c1-44(40,41)43-17-22-27(28(22)30(39)35-25-10-7-19(31)15-33-25)29(38)34-24-9-8-20(13-23(24)32)36-12-11-21(14-26(36)37)42-16-18-5-3-2-4-6-18/h2-15,22,27-28H,16-17H2,1H3,(H,34,38)(H,33,35,39). The van der Waals surface area contributed by atoms with Crippen molar-refractivity contribution in [2.75, 3.05) is 23.5 Å². The van der Waals surface area contributed by atoms with Crippen molar-refractivity contribution < 1.29 is 31.3 Å². The molecule has 11 nitrogen and oxygen atoms in total. The van der Waals surface area contributed by atoms with Crippen LogP contribution in [-0.2, 0) is 30.5 Å². The first kappa shape index (κ1) is 30.9. The van der Waals surface area contributed by atoms with Gasteiger partial charge in [-0.25, -0.2) is 9.37 Å². The van der Waals surface area contributed by atoms with Gasteiger partial charge < -0.3 is 15.4 Å². The Bertz CT molecular complexity index is 1850. The van der Waals surface area contributed by atoms with E-state index in [1.54, 1.807) is 6.07 Å². The second-order valence-corrected chi connectivity index (χ2v) is 12.1. The number of benzene rings is 2. The van der Waals surface area contributed by atoms with Crippen LogP contribution in [-0.4, -0.2) is 42.6 Å².